The summed E-state index contributed by atoms with van der Waals surface area (Å²) in [5, 5.41) is 6.11. The largest absolute Gasteiger partial charge is 0.378 e. The molecule has 0 aliphatic carbocycles. The number of amides is 2. The van der Waals surface area contributed by atoms with Crippen molar-refractivity contribution in [1.29, 1.82) is 0 Å². The van der Waals surface area contributed by atoms with Gasteiger partial charge in [-0.3, -0.25) is 9.59 Å². The number of morpholine rings is 1. The summed E-state index contributed by atoms with van der Waals surface area (Å²) in [7, 11) is 0. The van der Waals surface area contributed by atoms with Gasteiger partial charge >= 0.3 is 0 Å². The Morgan fingerprint density at radius 3 is 2.76 bits per heavy atom. The van der Waals surface area contributed by atoms with Crippen molar-refractivity contribution in [2.24, 2.45) is 5.92 Å². The summed E-state index contributed by atoms with van der Waals surface area (Å²) in [6, 6.07) is -0.636. The summed E-state index contributed by atoms with van der Waals surface area (Å²) in [4.78, 5) is 26.3. The molecule has 3 atom stereocenters. The van der Waals surface area contributed by atoms with E-state index in [1.54, 1.807) is 11.8 Å². The van der Waals surface area contributed by atoms with Crippen molar-refractivity contribution in [3.05, 3.63) is 0 Å². The second-order valence-corrected chi connectivity index (χ2v) is 5.97. The molecule has 2 saturated heterocycles. The molecule has 2 N–H and O–H groups in total. The minimum Gasteiger partial charge on any atom is -0.378 e. The van der Waals surface area contributed by atoms with Gasteiger partial charge in [0.05, 0.1) is 19.3 Å². The molecule has 6 heteroatoms. The van der Waals surface area contributed by atoms with E-state index in [9.17, 15) is 9.59 Å². The number of ether oxygens (including phenoxy) is 1. The minimum atomic E-state index is -0.473. The molecule has 2 rings (SSSR count). The maximum Gasteiger partial charge on any atom is 0.245 e. The molecule has 0 bridgehead atoms. The molecule has 0 radical (unpaired) electrons. The van der Waals surface area contributed by atoms with Crippen LogP contribution in [0.3, 0.4) is 0 Å². The fourth-order valence-electron chi connectivity index (χ4n) is 3.00. The van der Waals surface area contributed by atoms with E-state index in [1.165, 1.54) is 0 Å². The van der Waals surface area contributed by atoms with Crippen molar-refractivity contribution in [2.45, 2.75) is 45.2 Å². The molecule has 2 amide bonds. The maximum atomic E-state index is 12.3. The monoisotopic (exact) mass is 297 g/mol. The smallest absolute Gasteiger partial charge is 0.245 e. The Kier molecular flexibility index (Phi) is 5.99. The van der Waals surface area contributed by atoms with Gasteiger partial charge in [0.25, 0.3) is 0 Å². The summed E-state index contributed by atoms with van der Waals surface area (Å²) < 4.78 is 5.24. The number of piperidine rings is 1. The first kappa shape index (κ1) is 16.2. The molecule has 21 heavy (non-hydrogen) atoms. The van der Waals surface area contributed by atoms with Crippen LogP contribution in [0.2, 0.25) is 0 Å². The first-order chi connectivity index (χ1) is 10.1. The molecule has 6 nitrogen and oxygen atoms in total. The van der Waals surface area contributed by atoms with Crippen molar-refractivity contribution in [3.8, 4) is 0 Å². The van der Waals surface area contributed by atoms with Crippen LogP contribution in [0.15, 0.2) is 0 Å². The van der Waals surface area contributed by atoms with Gasteiger partial charge in [-0.1, -0.05) is 13.3 Å². The van der Waals surface area contributed by atoms with Gasteiger partial charge in [-0.05, 0) is 32.2 Å². The first-order valence-corrected chi connectivity index (χ1v) is 8.02. The fraction of sp³-hybridized carbons (Fsp3) is 0.867. The summed E-state index contributed by atoms with van der Waals surface area (Å²) in [5.41, 5.74) is 0. The van der Waals surface area contributed by atoms with Crippen LogP contribution in [0, 0.1) is 5.92 Å². The van der Waals surface area contributed by atoms with Crippen molar-refractivity contribution >= 4 is 11.8 Å². The van der Waals surface area contributed by atoms with E-state index in [4.69, 9.17) is 4.74 Å². The molecule has 2 aliphatic heterocycles. The van der Waals surface area contributed by atoms with Gasteiger partial charge in [0.15, 0.2) is 0 Å². The Hall–Kier alpha value is -1.14. The van der Waals surface area contributed by atoms with Gasteiger partial charge in [0.2, 0.25) is 11.8 Å². The molecule has 120 valence electrons. The quantitative estimate of drug-likeness (QED) is 0.774. The van der Waals surface area contributed by atoms with Crippen LogP contribution in [0.25, 0.3) is 0 Å². The number of hydrogen-bond donors (Lipinski definition) is 2. The fourth-order valence-corrected chi connectivity index (χ4v) is 3.00. The summed E-state index contributed by atoms with van der Waals surface area (Å²) in [5.74, 6) is 0.531. The lowest BCUT2D eigenvalue weighted by molar-refractivity contribution is -0.139. The Labute approximate surface area is 126 Å². The van der Waals surface area contributed by atoms with E-state index in [0.29, 0.717) is 32.2 Å². The number of hydrogen-bond acceptors (Lipinski definition) is 4. The van der Waals surface area contributed by atoms with E-state index in [-0.39, 0.29) is 17.9 Å². The van der Waals surface area contributed by atoms with Crippen LogP contribution in [0.4, 0.5) is 0 Å². The standard InChI is InChI=1S/C15H27N3O3/c1-3-12-4-5-16-13(10-12)14(19)17-11(2)15(20)18-6-8-21-9-7-18/h11-13,16H,3-10H2,1-2H3,(H,17,19). The van der Waals surface area contributed by atoms with E-state index >= 15 is 0 Å². The minimum absolute atomic E-state index is 0.0190. The van der Waals surface area contributed by atoms with Gasteiger partial charge in [-0.2, -0.15) is 0 Å². The number of carbonyl (C=O) groups excluding carboxylic acids is 2. The highest BCUT2D eigenvalue weighted by molar-refractivity contribution is 5.89. The van der Waals surface area contributed by atoms with Crippen LogP contribution < -0.4 is 10.6 Å². The highest BCUT2D eigenvalue weighted by atomic mass is 16.5. The predicted octanol–water partition coefficient (Wildman–Crippen LogP) is 0.128. The lowest BCUT2D eigenvalue weighted by Gasteiger charge is -2.32. The normalized spacial score (nSPS) is 28.0. The molecule has 0 spiro atoms. The third-order valence-corrected chi connectivity index (χ3v) is 4.46. The first-order valence-electron chi connectivity index (χ1n) is 8.02. The van der Waals surface area contributed by atoms with Crippen molar-refractivity contribution < 1.29 is 14.3 Å². The molecule has 2 fully saturated rings. The molecular formula is C15H27N3O3. The zero-order valence-electron chi connectivity index (χ0n) is 13.1. The molecule has 0 aromatic heterocycles. The molecular weight excluding hydrogens is 270 g/mol. The average molecular weight is 297 g/mol. The van der Waals surface area contributed by atoms with Crippen LogP contribution in [0.5, 0.6) is 0 Å². The van der Waals surface area contributed by atoms with Crippen molar-refractivity contribution in [1.82, 2.24) is 15.5 Å². The highest BCUT2D eigenvalue weighted by Gasteiger charge is 2.29. The maximum absolute atomic E-state index is 12.3. The van der Waals surface area contributed by atoms with E-state index in [1.807, 2.05) is 0 Å². The van der Waals surface area contributed by atoms with Crippen LogP contribution >= 0.6 is 0 Å². The topological polar surface area (TPSA) is 70.7 Å². The average Bonchev–Trinajstić information content (AvgIpc) is 2.54. The van der Waals surface area contributed by atoms with Gasteiger partial charge in [0, 0.05) is 13.1 Å². The zero-order valence-corrected chi connectivity index (χ0v) is 13.1. The molecule has 0 aromatic rings. The van der Waals surface area contributed by atoms with E-state index in [0.717, 1.165) is 25.8 Å². The van der Waals surface area contributed by atoms with E-state index in [2.05, 4.69) is 17.6 Å². The van der Waals surface area contributed by atoms with Crippen LogP contribution in [-0.4, -0.2) is 61.6 Å². The predicted molar refractivity (Wildman–Crippen MR) is 79.8 cm³/mol. The summed E-state index contributed by atoms with van der Waals surface area (Å²) >= 11 is 0. The number of carbonyl (C=O) groups is 2. The van der Waals surface area contributed by atoms with Crippen molar-refractivity contribution in [2.75, 3.05) is 32.8 Å². The molecule has 0 aromatic carbocycles. The van der Waals surface area contributed by atoms with Crippen LogP contribution in [-0.2, 0) is 14.3 Å². The Bertz CT molecular complexity index is 369. The van der Waals surface area contributed by atoms with Gasteiger partial charge < -0.3 is 20.3 Å². The number of rotatable bonds is 4. The second-order valence-electron chi connectivity index (χ2n) is 5.97. The SMILES string of the molecule is CCC1CCNC(C(=O)NC(C)C(=O)N2CCOCC2)C1. The van der Waals surface area contributed by atoms with Gasteiger partial charge in [0.1, 0.15) is 6.04 Å². The molecule has 2 aliphatic rings. The molecule has 2 heterocycles. The third kappa shape index (κ3) is 4.41. The van der Waals surface area contributed by atoms with Crippen LogP contribution in [0.1, 0.15) is 33.1 Å². The Morgan fingerprint density at radius 1 is 1.38 bits per heavy atom. The van der Waals surface area contributed by atoms with Crippen molar-refractivity contribution in [3.63, 3.8) is 0 Å². The summed E-state index contributed by atoms with van der Waals surface area (Å²) in [6.45, 7) is 7.18. The third-order valence-electron chi connectivity index (χ3n) is 4.46. The summed E-state index contributed by atoms with van der Waals surface area (Å²) in [6.07, 6.45) is 3.09. The van der Waals surface area contributed by atoms with Gasteiger partial charge in [-0.25, -0.2) is 0 Å². The zero-order chi connectivity index (χ0) is 15.2. The van der Waals surface area contributed by atoms with Gasteiger partial charge in [-0.15, -0.1) is 0 Å². The van der Waals surface area contributed by atoms with E-state index < -0.39 is 6.04 Å². The highest BCUT2D eigenvalue weighted by Crippen LogP contribution is 2.19. The number of nitrogens with one attached hydrogen (secondary N) is 2. The Balaban J connectivity index is 1.82. The number of nitrogens with zero attached hydrogens (tertiary/aromatic N) is 1. The Morgan fingerprint density at radius 2 is 2.10 bits per heavy atom. The lowest BCUT2D eigenvalue weighted by atomic mass is 9.90. The molecule has 3 unspecified atom stereocenters. The second kappa shape index (κ2) is 7.75. The molecule has 0 saturated carbocycles. The lowest BCUT2D eigenvalue weighted by Crippen LogP contribution is -2.55.